The normalized spacial score (nSPS) is 10.2. The first-order valence-electron chi connectivity index (χ1n) is 6.34. The predicted molar refractivity (Wildman–Crippen MR) is 74.4 cm³/mol. The summed E-state index contributed by atoms with van der Waals surface area (Å²) < 4.78 is 5.03. The van der Waals surface area contributed by atoms with Crippen molar-refractivity contribution in [1.29, 1.82) is 0 Å². The fourth-order valence-corrected chi connectivity index (χ4v) is 1.75. The number of nitrogens with one attached hydrogen (secondary N) is 1. The number of benzene rings is 1. The second-order valence-corrected chi connectivity index (χ2v) is 4.40. The molecule has 0 aliphatic rings. The van der Waals surface area contributed by atoms with Crippen molar-refractivity contribution in [3.05, 3.63) is 33.9 Å². The summed E-state index contributed by atoms with van der Waals surface area (Å²) in [6, 6.07) is 4.65. The van der Waals surface area contributed by atoms with Gasteiger partial charge < -0.3 is 15.8 Å². The Balaban J connectivity index is 2.45. The van der Waals surface area contributed by atoms with Crippen LogP contribution in [-0.2, 0) is 11.3 Å². The average Bonchev–Trinajstić information content (AvgIpc) is 2.41. The van der Waals surface area contributed by atoms with Gasteiger partial charge in [-0.1, -0.05) is 0 Å². The Morgan fingerprint density at radius 2 is 2.15 bits per heavy atom. The SMILES string of the molecule is COc1cc(CNCCCCC(N)=O)cc([N+](=O)[O-])c1. The van der Waals surface area contributed by atoms with E-state index in [-0.39, 0.29) is 11.6 Å². The van der Waals surface area contributed by atoms with Crippen LogP contribution >= 0.6 is 0 Å². The lowest BCUT2D eigenvalue weighted by molar-refractivity contribution is -0.385. The van der Waals surface area contributed by atoms with Gasteiger partial charge in [0.05, 0.1) is 18.1 Å². The summed E-state index contributed by atoms with van der Waals surface area (Å²) in [5.41, 5.74) is 5.83. The third-order valence-corrected chi connectivity index (χ3v) is 2.75. The monoisotopic (exact) mass is 281 g/mol. The van der Waals surface area contributed by atoms with Gasteiger partial charge in [-0.15, -0.1) is 0 Å². The van der Waals surface area contributed by atoms with Gasteiger partial charge in [-0.25, -0.2) is 0 Å². The average molecular weight is 281 g/mol. The maximum atomic E-state index is 10.8. The molecular weight excluding hydrogens is 262 g/mol. The molecule has 1 rings (SSSR count). The Hall–Kier alpha value is -2.15. The lowest BCUT2D eigenvalue weighted by Gasteiger charge is -2.07. The highest BCUT2D eigenvalue weighted by atomic mass is 16.6. The van der Waals surface area contributed by atoms with E-state index in [9.17, 15) is 14.9 Å². The number of hydrogen-bond acceptors (Lipinski definition) is 5. The predicted octanol–water partition coefficient (Wildman–Crippen LogP) is 1.35. The van der Waals surface area contributed by atoms with Crippen molar-refractivity contribution >= 4 is 11.6 Å². The highest BCUT2D eigenvalue weighted by Crippen LogP contribution is 2.22. The van der Waals surface area contributed by atoms with Crippen LogP contribution in [0.2, 0.25) is 0 Å². The second kappa shape index (κ2) is 8.11. The second-order valence-electron chi connectivity index (χ2n) is 4.40. The van der Waals surface area contributed by atoms with Gasteiger partial charge in [0, 0.05) is 19.0 Å². The molecule has 20 heavy (non-hydrogen) atoms. The minimum absolute atomic E-state index is 0.00915. The Morgan fingerprint density at radius 3 is 2.75 bits per heavy atom. The Morgan fingerprint density at radius 1 is 1.40 bits per heavy atom. The van der Waals surface area contributed by atoms with Crippen LogP contribution in [0.4, 0.5) is 5.69 Å². The first kappa shape index (κ1) is 15.9. The van der Waals surface area contributed by atoms with E-state index < -0.39 is 4.92 Å². The van der Waals surface area contributed by atoms with E-state index in [0.29, 0.717) is 18.7 Å². The highest BCUT2D eigenvalue weighted by molar-refractivity contribution is 5.73. The molecule has 0 heterocycles. The molecule has 7 heteroatoms. The number of rotatable bonds is 9. The Labute approximate surface area is 117 Å². The number of methoxy groups -OCH3 is 1. The number of hydrogen-bond donors (Lipinski definition) is 2. The van der Waals surface area contributed by atoms with Gasteiger partial charge in [0.25, 0.3) is 5.69 Å². The van der Waals surface area contributed by atoms with E-state index in [4.69, 9.17) is 10.5 Å². The summed E-state index contributed by atoms with van der Waals surface area (Å²) in [6.07, 6.45) is 1.95. The maximum Gasteiger partial charge on any atom is 0.273 e. The molecule has 3 N–H and O–H groups in total. The number of nitrogens with zero attached hydrogens (tertiary/aromatic N) is 1. The zero-order chi connectivity index (χ0) is 15.0. The zero-order valence-electron chi connectivity index (χ0n) is 11.4. The van der Waals surface area contributed by atoms with Crippen LogP contribution in [0, 0.1) is 10.1 Å². The molecule has 0 aliphatic carbocycles. The number of nitro benzene ring substituents is 1. The summed E-state index contributed by atoms with van der Waals surface area (Å²) in [4.78, 5) is 20.9. The number of primary amides is 1. The first-order chi connectivity index (χ1) is 9.52. The molecule has 0 aliphatic heterocycles. The van der Waals surface area contributed by atoms with Gasteiger partial charge in [-0.05, 0) is 31.0 Å². The van der Waals surface area contributed by atoms with Crippen LogP contribution in [0.3, 0.4) is 0 Å². The largest absolute Gasteiger partial charge is 0.496 e. The highest BCUT2D eigenvalue weighted by Gasteiger charge is 2.09. The smallest absolute Gasteiger partial charge is 0.273 e. The molecule has 0 fully saturated rings. The molecule has 0 atom stereocenters. The number of nitrogens with two attached hydrogens (primary N) is 1. The number of nitro groups is 1. The summed E-state index contributed by atoms with van der Waals surface area (Å²) in [6.45, 7) is 1.23. The topological polar surface area (TPSA) is 107 Å². The van der Waals surface area contributed by atoms with Crippen molar-refractivity contribution in [2.24, 2.45) is 5.73 Å². The number of unbranched alkanes of at least 4 members (excludes halogenated alkanes) is 1. The first-order valence-corrected chi connectivity index (χ1v) is 6.34. The van der Waals surface area contributed by atoms with Crippen LogP contribution in [0.15, 0.2) is 18.2 Å². The van der Waals surface area contributed by atoms with Crippen LogP contribution in [0.25, 0.3) is 0 Å². The molecule has 1 aromatic rings. The zero-order valence-corrected chi connectivity index (χ0v) is 11.4. The van der Waals surface area contributed by atoms with Crippen molar-refractivity contribution in [2.75, 3.05) is 13.7 Å². The fraction of sp³-hybridized carbons (Fsp3) is 0.462. The molecule has 0 bridgehead atoms. The minimum Gasteiger partial charge on any atom is -0.496 e. The van der Waals surface area contributed by atoms with Crippen molar-refractivity contribution in [2.45, 2.75) is 25.8 Å². The summed E-state index contributed by atoms with van der Waals surface area (Å²) >= 11 is 0. The van der Waals surface area contributed by atoms with Gasteiger partial charge in [0.2, 0.25) is 5.91 Å². The van der Waals surface area contributed by atoms with Crippen molar-refractivity contribution < 1.29 is 14.5 Å². The minimum atomic E-state index is -0.446. The van der Waals surface area contributed by atoms with Crippen LogP contribution in [0.1, 0.15) is 24.8 Å². The molecule has 0 aromatic heterocycles. The molecule has 0 radical (unpaired) electrons. The lowest BCUT2D eigenvalue weighted by atomic mass is 10.2. The van der Waals surface area contributed by atoms with E-state index in [2.05, 4.69) is 5.32 Å². The fourth-order valence-electron chi connectivity index (χ4n) is 1.75. The third-order valence-electron chi connectivity index (χ3n) is 2.75. The van der Waals surface area contributed by atoms with Gasteiger partial charge in [-0.2, -0.15) is 0 Å². The molecule has 0 saturated heterocycles. The Bertz CT molecular complexity index is 477. The van der Waals surface area contributed by atoms with Crippen LogP contribution < -0.4 is 15.8 Å². The molecule has 1 amide bonds. The number of amides is 1. The van der Waals surface area contributed by atoms with Gasteiger partial charge in [0.15, 0.2) is 0 Å². The van der Waals surface area contributed by atoms with Crippen molar-refractivity contribution in [3.63, 3.8) is 0 Å². The molecule has 110 valence electrons. The number of ether oxygens (including phenoxy) is 1. The number of carbonyl (C=O) groups excluding carboxylic acids is 1. The molecule has 1 aromatic carbocycles. The van der Waals surface area contributed by atoms with Crippen molar-refractivity contribution in [1.82, 2.24) is 5.32 Å². The van der Waals surface area contributed by atoms with E-state index >= 15 is 0 Å². The van der Waals surface area contributed by atoms with Gasteiger partial charge >= 0.3 is 0 Å². The standard InChI is InChI=1S/C13H19N3O4/c1-20-12-7-10(6-11(8-12)16(18)19)9-15-5-3-2-4-13(14)17/h6-8,15H,2-5,9H2,1H3,(H2,14,17). The van der Waals surface area contributed by atoms with E-state index in [1.165, 1.54) is 19.2 Å². The molecular formula is C13H19N3O4. The van der Waals surface area contributed by atoms with E-state index in [1.807, 2.05) is 0 Å². The van der Waals surface area contributed by atoms with E-state index in [1.54, 1.807) is 6.07 Å². The molecule has 0 saturated carbocycles. The van der Waals surface area contributed by atoms with Crippen molar-refractivity contribution in [3.8, 4) is 5.75 Å². The summed E-state index contributed by atoms with van der Waals surface area (Å²) in [5, 5.41) is 13.9. The molecule has 0 unspecified atom stereocenters. The van der Waals surface area contributed by atoms with Gasteiger partial charge in [-0.3, -0.25) is 14.9 Å². The lowest BCUT2D eigenvalue weighted by Crippen LogP contribution is -2.16. The van der Waals surface area contributed by atoms with Crippen LogP contribution in [-0.4, -0.2) is 24.5 Å². The summed E-state index contributed by atoms with van der Waals surface area (Å²) in [7, 11) is 1.47. The Kier molecular flexibility index (Phi) is 6.45. The molecule has 0 spiro atoms. The maximum absolute atomic E-state index is 10.8. The number of carbonyl (C=O) groups is 1. The van der Waals surface area contributed by atoms with E-state index in [0.717, 1.165) is 24.9 Å². The number of non-ortho nitro benzene ring substituents is 1. The molecule has 7 nitrogen and oxygen atoms in total. The summed E-state index contributed by atoms with van der Waals surface area (Å²) in [5.74, 6) is 0.165. The third kappa shape index (κ3) is 5.66. The van der Waals surface area contributed by atoms with Gasteiger partial charge in [0.1, 0.15) is 5.75 Å². The van der Waals surface area contributed by atoms with Crippen LogP contribution in [0.5, 0.6) is 5.75 Å². The quantitative estimate of drug-likeness (QED) is 0.403.